The molecule has 0 aliphatic carbocycles. The molecule has 0 spiro atoms. The zero-order valence-electron chi connectivity index (χ0n) is 18.7. The van der Waals surface area contributed by atoms with Crippen molar-refractivity contribution in [2.24, 2.45) is 0 Å². The lowest BCUT2D eigenvalue weighted by Crippen LogP contribution is -2.31. The van der Waals surface area contributed by atoms with Crippen LogP contribution in [0.2, 0.25) is 0 Å². The molecule has 34 heavy (non-hydrogen) atoms. The predicted octanol–water partition coefficient (Wildman–Crippen LogP) is 6.10. The maximum atomic E-state index is 13.2. The molecule has 1 amide bonds. The monoisotopic (exact) mass is 452 g/mol. The first kappa shape index (κ1) is 22.7. The molecule has 6 nitrogen and oxygen atoms in total. The van der Waals surface area contributed by atoms with E-state index >= 15 is 0 Å². The SMILES string of the molecule is Cc1cc(-c2ccccc2C(=O)O)cc(N(Cc2ccccn2)C(=O)OCc2ccccc2)c1. The van der Waals surface area contributed by atoms with Crippen LogP contribution >= 0.6 is 0 Å². The molecule has 0 unspecified atom stereocenters. The van der Waals surface area contributed by atoms with Gasteiger partial charge in [-0.2, -0.15) is 0 Å². The summed E-state index contributed by atoms with van der Waals surface area (Å²) in [5.74, 6) is -1.01. The molecule has 6 heteroatoms. The minimum absolute atomic E-state index is 0.138. The Morgan fingerprint density at radius 3 is 2.38 bits per heavy atom. The van der Waals surface area contributed by atoms with E-state index in [1.54, 1.807) is 30.5 Å². The molecule has 3 aromatic carbocycles. The molecular weight excluding hydrogens is 428 g/mol. The van der Waals surface area contributed by atoms with Crippen molar-refractivity contribution in [3.63, 3.8) is 0 Å². The fourth-order valence-corrected chi connectivity index (χ4v) is 3.71. The maximum Gasteiger partial charge on any atom is 0.414 e. The van der Waals surface area contributed by atoms with Crippen LogP contribution in [0.4, 0.5) is 10.5 Å². The van der Waals surface area contributed by atoms with Gasteiger partial charge in [0.05, 0.1) is 17.8 Å². The average molecular weight is 453 g/mol. The number of rotatable bonds is 7. The number of aryl methyl sites for hydroxylation is 1. The topological polar surface area (TPSA) is 79.7 Å². The van der Waals surface area contributed by atoms with Crippen molar-refractivity contribution in [3.8, 4) is 11.1 Å². The number of carbonyl (C=O) groups excluding carboxylic acids is 1. The lowest BCUT2D eigenvalue weighted by molar-refractivity contribution is 0.0697. The van der Waals surface area contributed by atoms with Gasteiger partial charge in [-0.15, -0.1) is 0 Å². The smallest absolute Gasteiger partial charge is 0.414 e. The summed E-state index contributed by atoms with van der Waals surface area (Å²) in [4.78, 5) is 30.9. The number of hydrogen-bond acceptors (Lipinski definition) is 4. The molecule has 0 aliphatic heterocycles. The number of hydrogen-bond donors (Lipinski definition) is 1. The van der Waals surface area contributed by atoms with Gasteiger partial charge in [-0.3, -0.25) is 9.88 Å². The van der Waals surface area contributed by atoms with Gasteiger partial charge in [-0.05, 0) is 59.5 Å². The van der Waals surface area contributed by atoms with Gasteiger partial charge in [-0.1, -0.05) is 60.7 Å². The second-order valence-electron chi connectivity index (χ2n) is 7.86. The van der Waals surface area contributed by atoms with Crippen LogP contribution in [0.3, 0.4) is 0 Å². The number of carboxylic acids is 1. The van der Waals surface area contributed by atoms with E-state index in [1.807, 2.05) is 73.7 Å². The molecule has 1 aromatic heterocycles. The highest BCUT2D eigenvalue weighted by atomic mass is 16.6. The normalized spacial score (nSPS) is 10.5. The molecule has 4 aromatic rings. The van der Waals surface area contributed by atoms with E-state index in [-0.39, 0.29) is 18.7 Å². The fourth-order valence-electron chi connectivity index (χ4n) is 3.71. The molecule has 1 heterocycles. The number of carboxylic acid groups (broad SMARTS) is 1. The molecule has 0 saturated heterocycles. The second kappa shape index (κ2) is 10.4. The van der Waals surface area contributed by atoms with Gasteiger partial charge < -0.3 is 9.84 Å². The van der Waals surface area contributed by atoms with Crippen molar-refractivity contribution in [1.29, 1.82) is 0 Å². The van der Waals surface area contributed by atoms with Gasteiger partial charge in [0.2, 0.25) is 0 Å². The van der Waals surface area contributed by atoms with Crippen molar-refractivity contribution < 1.29 is 19.4 Å². The molecule has 0 atom stereocenters. The number of aromatic carboxylic acids is 1. The van der Waals surface area contributed by atoms with Gasteiger partial charge in [-0.25, -0.2) is 9.59 Å². The van der Waals surface area contributed by atoms with Crippen molar-refractivity contribution in [1.82, 2.24) is 4.98 Å². The van der Waals surface area contributed by atoms with E-state index in [9.17, 15) is 14.7 Å². The summed E-state index contributed by atoms with van der Waals surface area (Å²) in [6.07, 6.45) is 1.16. The molecule has 0 bridgehead atoms. The van der Waals surface area contributed by atoms with E-state index in [0.29, 0.717) is 22.5 Å². The first-order valence-corrected chi connectivity index (χ1v) is 10.8. The molecule has 4 rings (SSSR count). The van der Waals surface area contributed by atoms with Crippen LogP contribution in [0.25, 0.3) is 11.1 Å². The third-order valence-corrected chi connectivity index (χ3v) is 5.31. The Balaban J connectivity index is 1.71. The summed E-state index contributed by atoms with van der Waals surface area (Å²) in [6.45, 7) is 2.25. The highest BCUT2D eigenvalue weighted by molar-refractivity contribution is 5.97. The fraction of sp³-hybridized carbons (Fsp3) is 0.107. The Kier molecular flexibility index (Phi) is 6.98. The van der Waals surface area contributed by atoms with Crippen LogP contribution in [0.15, 0.2) is 97.2 Å². The minimum Gasteiger partial charge on any atom is -0.478 e. The van der Waals surface area contributed by atoms with E-state index in [1.165, 1.54) is 4.90 Å². The van der Waals surface area contributed by atoms with E-state index in [0.717, 1.165) is 11.1 Å². The van der Waals surface area contributed by atoms with Crippen molar-refractivity contribution in [2.45, 2.75) is 20.1 Å². The predicted molar refractivity (Wildman–Crippen MR) is 131 cm³/mol. The summed E-state index contributed by atoms with van der Waals surface area (Å²) in [6, 6.07) is 27.4. The Hall–Kier alpha value is -4.45. The highest BCUT2D eigenvalue weighted by Gasteiger charge is 2.21. The number of carbonyl (C=O) groups is 2. The van der Waals surface area contributed by atoms with Crippen LogP contribution in [0, 0.1) is 6.92 Å². The van der Waals surface area contributed by atoms with Crippen molar-refractivity contribution in [3.05, 3.63) is 120 Å². The van der Waals surface area contributed by atoms with Gasteiger partial charge in [0.1, 0.15) is 6.61 Å². The molecule has 0 fully saturated rings. The van der Waals surface area contributed by atoms with Crippen LogP contribution < -0.4 is 4.90 Å². The van der Waals surface area contributed by atoms with Crippen LogP contribution in [-0.4, -0.2) is 22.2 Å². The first-order chi connectivity index (χ1) is 16.5. The lowest BCUT2D eigenvalue weighted by Gasteiger charge is -2.23. The number of ether oxygens (including phenoxy) is 1. The maximum absolute atomic E-state index is 13.2. The Bertz CT molecular complexity index is 1290. The van der Waals surface area contributed by atoms with Crippen molar-refractivity contribution in [2.75, 3.05) is 4.90 Å². The van der Waals surface area contributed by atoms with Crippen LogP contribution in [0.1, 0.15) is 27.2 Å². The minimum atomic E-state index is -1.01. The Morgan fingerprint density at radius 1 is 0.912 bits per heavy atom. The molecule has 170 valence electrons. The molecule has 0 saturated carbocycles. The number of aromatic nitrogens is 1. The van der Waals surface area contributed by atoms with E-state index in [2.05, 4.69) is 4.98 Å². The third kappa shape index (κ3) is 5.48. The molecular formula is C28H24N2O4. The number of nitrogens with zero attached hydrogens (tertiary/aromatic N) is 2. The zero-order valence-corrected chi connectivity index (χ0v) is 18.7. The second-order valence-corrected chi connectivity index (χ2v) is 7.86. The average Bonchev–Trinajstić information content (AvgIpc) is 2.86. The third-order valence-electron chi connectivity index (χ3n) is 5.31. The lowest BCUT2D eigenvalue weighted by atomic mass is 9.97. The number of pyridine rings is 1. The molecule has 0 radical (unpaired) electrons. The molecule has 1 N–H and O–H groups in total. The summed E-state index contributed by atoms with van der Waals surface area (Å²) in [5.41, 5.74) is 4.54. The quantitative estimate of drug-likeness (QED) is 0.367. The summed E-state index contributed by atoms with van der Waals surface area (Å²) in [7, 11) is 0. The number of amides is 1. The van der Waals surface area contributed by atoms with Crippen LogP contribution in [0.5, 0.6) is 0 Å². The van der Waals surface area contributed by atoms with Gasteiger partial charge in [0.25, 0.3) is 0 Å². The number of anilines is 1. The Labute approximate surface area is 198 Å². The van der Waals surface area contributed by atoms with Gasteiger partial charge in [0, 0.05) is 11.9 Å². The van der Waals surface area contributed by atoms with Gasteiger partial charge >= 0.3 is 12.1 Å². The van der Waals surface area contributed by atoms with E-state index in [4.69, 9.17) is 4.74 Å². The van der Waals surface area contributed by atoms with Gasteiger partial charge in [0.15, 0.2) is 0 Å². The number of benzene rings is 3. The van der Waals surface area contributed by atoms with Crippen molar-refractivity contribution >= 4 is 17.7 Å². The molecule has 0 aliphatic rings. The van der Waals surface area contributed by atoms with E-state index < -0.39 is 12.1 Å². The summed E-state index contributed by atoms with van der Waals surface area (Å²) < 4.78 is 5.63. The van der Waals surface area contributed by atoms with Crippen LogP contribution in [-0.2, 0) is 17.9 Å². The summed E-state index contributed by atoms with van der Waals surface area (Å²) >= 11 is 0. The standard InChI is InChI=1S/C28H24N2O4/c1-20-15-22(25-12-5-6-13-26(25)27(31)32)17-24(16-20)30(18-23-11-7-8-14-29-23)28(33)34-19-21-9-3-2-4-10-21/h2-17H,18-19H2,1H3,(H,31,32). The first-order valence-electron chi connectivity index (χ1n) is 10.8. The highest BCUT2D eigenvalue weighted by Crippen LogP contribution is 2.30. The Morgan fingerprint density at radius 2 is 1.65 bits per heavy atom. The zero-order chi connectivity index (χ0) is 23.9. The summed E-state index contributed by atoms with van der Waals surface area (Å²) in [5, 5.41) is 9.64. The largest absolute Gasteiger partial charge is 0.478 e.